The molecular weight excluding hydrogens is 236 g/mol. The third-order valence-electron chi connectivity index (χ3n) is 2.74. The first-order valence-electron chi connectivity index (χ1n) is 6.49. The minimum absolute atomic E-state index is 0.223. The van der Waals surface area contributed by atoms with Gasteiger partial charge in [0, 0.05) is 19.3 Å². The number of esters is 1. The van der Waals surface area contributed by atoms with Gasteiger partial charge in [-0.2, -0.15) is 12.6 Å². The van der Waals surface area contributed by atoms with Gasteiger partial charge < -0.3 is 9.47 Å². The Labute approximate surface area is 111 Å². The molecule has 102 valence electrons. The summed E-state index contributed by atoms with van der Waals surface area (Å²) in [6, 6.07) is 0. The van der Waals surface area contributed by atoms with Crippen molar-refractivity contribution >= 4 is 18.6 Å². The fourth-order valence-electron chi connectivity index (χ4n) is 1.62. The van der Waals surface area contributed by atoms with Crippen LogP contribution in [0.4, 0.5) is 0 Å². The molecule has 0 saturated carbocycles. The van der Waals surface area contributed by atoms with Crippen LogP contribution in [-0.4, -0.2) is 31.0 Å². The van der Waals surface area contributed by atoms with Crippen LogP contribution in [0.2, 0.25) is 0 Å². The monoisotopic (exact) mass is 262 g/mol. The van der Waals surface area contributed by atoms with E-state index in [1.807, 2.05) is 0 Å². The van der Waals surface area contributed by atoms with Gasteiger partial charge >= 0.3 is 5.97 Å². The van der Waals surface area contributed by atoms with Crippen LogP contribution in [0.25, 0.3) is 0 Å². The van der Waals surface area contributed by atoms with E-state index < -0.39 is 0 Å². The van der Waals surface area contributed by atoms with Crippen LogP contribution in [0.5, 0.6) is 0 Å². The summed E-state index contributed by atoms with van der Waals surface area (Å²) in [7, 11) is 0. The van der Waals surface area contributed by atoms with E-state index in [2.05, 4.69) is 26.5 Å². The SMILES string of the molecule is CCCCC(CC)COCC(CS)OC(C)=O. The Morgan fingerprint density at radius 2 is 2.00 bits per heavy atom. The van der Waals surface area contributed by atoms with Crippen LogP contribution in [0, 0.1) is 5.92 Å². The van der Waals surface area contributed by atoms with Gasteiger partial charge in [0.15, 0.2) is 0 Å². The summed E-state index contributed by atoms with van der Waals surface area (Å²) in [5.41, 5.74) is 0. The first-order chi connectivity index (χ1) is 8.13. The molecule has 4 heteroatoms. The highest BCUT2D eigenvalue weighted by molar-refractivity contribution is 7.80. The number of unbranched alkanes of at least 4 members (excludes halogenated alkanes) is 1. The summed E-state index contributed by atoms with van der Waals surface area (Å²) >= 11 is 4.14. The van der Waals surface area contributed by atoms with Crippen molar-refractivity contribution in [1.82, 2.24) is 0 Å². The number of hydrogen-bond donors (Lipinski definition) is 1. The molecule has 0 aromatic carbocycles. The summed E-state index contributed by atoms with van der Waals surface area (Å²) in [6.45, 7) is 7.00. The quantitative estimate of drug-likeness (QED) is 0.485. The second-order valence-electron chi connectivity index (χ2n) is 4.37. The fourth-order valence-corrected chi connectivity index (χ4v) is 1.80. The van der Waals surface area contributed by atoms with Crippen molar-refractivity contribution in [2.24, 2.45) is 5.92 Å². The van der Waals surface area contributed by atoms with E-state index in [0.29, 0.717) is 18.3 Å². The van der Waals surface area contributed by atoms with Gasteiger partial charge in [-0.1, -0.05) is 33.1 Å². The zero-order valence-electron chi connectivity index (χ0n) is 11.3. The summed E-state index contributed by atoms with van der Waals surface area (Å²) in [5, 5.41) is 0. The van der Waals surface area contributed by atoms with E-state index in [1.165, 1.54) is 26.2 Å². The number of ether oxygens (including phenoxy) is 2. The molecule has 0 aromatic rings. The molecule has 0 aliphatic carbocycles. The van der Waals surface area contributed by atoms with Gasteiger partial charge in [0.05, 0.1) is 6.61 Å². The van der Waals surface area contributed by atoms with Gasteiger partial charge in [-0.15, -0.1) is 0 Å². The van der Waals surface area contributed by atoms with Gasteiger partial charge in [-0.25, -0.2) is 0 Å². The van der Waals surface area contributed by atoms with E-state index in [9.17, 15) is 4.79 Å². The Hall–Kier alpha value is -0.220. The predicted octanol–water partition coefficient (Wildman–Crippen LogP) is 3.08. The van der Waals surface area contributed by atoms with Crippen molar-refractivity contribution in [2.75, 3.05) is 19.0 Å². The molecule has 17 heavy (non-hydrogen) atoms. The normalized spacial score (nSPS) is 14.4. The van der Waals surface area contributed by atoms with Crippen LogP contribution >= 0.6 is 12.6 Å². The van der Waals surface area contributed by atoms with Crippen molar-refractivity contribution < 1.29 is 14.3 Å². The van der Waals surface area contributed by atoms with E-state index >= 15 is 0 Å². The zero-order valence-corrected chi connectivity index (χ0v) is 12.2. The van der Waals surface area contributed by atoms with Crippen LogP contribution < -0.4 is 0 Å². The summed E-state index contributed by atoms with van der Waals surface area (Å²) < 4.78 is 10.7. The maximum Gasteiger partial charge on any atom is 0.303 e. The van der Waals surface area contributed by atoms with E-state index in [-0.39, 0.29) is 12.1 Å². The number of thiol groups is 1. The minimum Gasteiger partial charge on any atom is -0.459 e. The Balaban J connectivity index is 3.73. The molecule has 0 aromatic heterocycles. The Bertz CT molecular complexity index is 197. The molecule has 3 nitrogen and oxygen atoms in total. The molecule has 0 fully saturated rings. The van der Waals surface area contributed by atoms with E-state index in [0.717, 1.165) is 13.0 Å². The summed E-state index contributed by atoms with van der Waals surface area (Å²) in [5.74, 6) is 0.851. The first-order valence-corrected chi connectivity index (χ1v) is 7.13. The molecule has 0 amide bonds. The third kappa shape index (κ3) is 9.48. The molecule has 0 bridgehead atoms. The number of carbonyl (C=O) groups excluding carboxylic acids is 1. The van der Waals surface area contributed by atoms with Crippen molar-refractivity contribution in [3.05, 3.63) is 0 Å². The van der Waals surface area contributed by atoms with Crippen molar-refractivity contribution in [2.45, 2.75) is 52.6 Å². The molecule has 0 aliphatic rings. The topological polar surface area (TPSA) is 35.5 Å². The highest BCUT2D eigenvalue weighted by atomic mass is 32.1. The molecule has 2 atom stereocenters. The lowest BCUT2D eigenvalue weighted by Crippen LogP contribution is -2.25. The van der Waals surface area contributed by atoms with E-state index in [1.54, 1.807) is 0 Å². The second-order valence-corrected chi connectivity index (χ2v) is 4.73. The standard InChI is InChI=1S/C13H26O3S/c1-4-6-7-12(5-2)8-15-9-13(10-17)16-11(3)14/h12-13,17H,4-10H2,1-3H3. The van der Waals surface area contributed by atoms with Crippen LogP contribution in [0.15, 0.2) is 0 Å². The molecule has 0 heterocycles. The Morgan fingerprint density at radius 1 is 1.29 bits per heavy atom. The zero-order chi connectivity index (χ0) is 13.1. The fraction of sp³-hybridized carbons (Fsp3) is 0.923. The predicted molar refractivity (Wildman–Crippen MR) is 73.5 cm³/mol. The molecular formula is C13H26O3S. The number of hydrogen-bond acceptors (Lipinski definition) is 4. The molecule has 0 spiro atoms. The second kappa shape index (κ2) is 10.9. The number of rotatable bonds is 10. The third-order valence-corrected chi connectivity index (χ3v) is 3.14. The lowest BCUT2D eigenvalue weighted by molar-refractivity contribution is -0.148. The summed E-state index contributed by atoms with van der Waals surface area (Å²) in [4.78, 5) is 10.8. The molecule has 0 radical (unpaired) electrons. The van der Waals surface area contributed by atoms with Gasteiger partial charge in [-0.05, 0) is 12.3 Å². The molecule has 0 N–H and O–H groups in total. The lowest BCUT2D eigenvalue weighted by atomic mass is 10.0. The average Bonchev–Trinajstić information content (AvgIpc) is 2.31. The van der Waals surface area contributed by atoms with Gasteiger partial charge in [0.1, 0.15) is 6.10 Å². The van der Waals surface area contributed by atoms with Crippen LogP contribution in [-0.2, 0) is 14.3 Å². The Kier molecular flexibility index (Phi) is 10.8. The highest BCUT2D eigenvalue weighted by Crippen LogP contribution is 2.13. The van der Waals surface area contributed by atoms with Crippen LogP contribution in [0.3, 0.4) is 0 Å². The number of carbonyl (C=O) groups is 1. The van der Waals surface area contributed by atoms with Crippen molar-refractivity contribution in [3.63, 3.8) is 0 Å². The van der Waals surface area contributed by atoms with Gasteiger partial charge in [0.2, 0.25) is 0 Å². The largest absolute Gasteiger partial charge is 0.459 e. The molecule has 0 aliphatic heterocycles. The van der Waals surface area contributed by atoms with Gasteiger partial charge in [-0.3, -0.25) is 4.79 Å². The smallest absolute Gasteiger partial charge is 0.303 e. The van der Waals surface area contributed by atoms with Gasteiger partial charge in [0.25, 0.3) is 0 Å². The maximum absolute atomic E-state index is 10.8. The minimum atomic E-state index is -0.273. The highest BCUT2D eigenvalue weighted by Gasteiger charge is 2.12. The van der Waals surface area contributed by atoms with Crippen molar-refractivity contribution in [3.8, 4) is 0 Å². The lowest BCUT2D eigenvalue weighted by Gasteiger charge is -2.18. The average molecular weight is 262 g/mol. The molecule has 0 saturated heterocycles. The maximum atomic E-state index is 10.8. The Morgan fingerprint density at radius 3 is 2.47 bits per heavy atom. The molecule has 0 rings (SSSR count). The van der Waals surface area contributed by atoms with E-state index in [4.69, 9.17) is 9.47 Å². The summed E-state index contributed by atoms with van der Waals surface area (Å²) in [6.07, 6.45) is 4.61. The molecule has 2 unspecified atom stereocenters. The van der Waals surface area contributed by atoms with Crippen molar-refractivity contribution in [1.29, 1.82) is 0 Å². The first kappa shape index (κ1) is 16.8. The van der Waals surface area contributed by atoms with Crippen LogP contribution in [0.1, 0.15) is 46.5 Å².